The van der Waals surface area contributed by atoms with Crippen molar-refractivity contribution in [3.8, 4) is 0 Å². The molecule has 2 rings (SSSR count). The predicted octanol–water partition coefficient (Wildman–Crippen LogP) is 1.49. The summed E-state index contributed by atoms with van der Waals surface area (Å²) in [5.41, 5.74) is 6.71. The fourth-order valence-electron chi connectivity index (χ4n) is 1.07. The molecule has 0 bridgehead atoms. The van der Waals surface area contributed by atoms with Gasteiger partial charge in [0, 0.05) is 23.6 Å². The molecule has 2 heterocycles. The highest BCUT2D eigenvalue weighted by atomic mass is 79.9. The van der Waals surface area contributed by atoms with E-state index in [0.717, 1.165) is 9.99 Å². The largest absolute Gasteiger partial charge is 0.422 e. The van der Waals surface area contributed by atoms with Gasteiger partial charge in [0.1, 0.15) is 5.52 Å². The van der Waals surface area contributed by atoms with Crippen LogP contribution in [-0.4, -0.2) is 16.5 Å². The Labute approximate surface area is 83.3 Å². The van der Waals surface area contributed by atoms with Gasteiger partial charge < -0.3 is 10.2 Å². The Kier molecular flexibility index (Phi) is 2.28. The van der Waals surface area contributed by atoms with Gasteiger partial charge in [0.2, 0.25) is 5.71 Å². The first kappa shape index (κ1) is 8.65. The van der Waals surface area contributed by atoms with Gasteiger partial charge in [0.15, 0.2) is 5.89 Å². The van der Waals surface area contributed by atoms with Crippen molar-refractivity contribution in [2.45, 2.75) is 6.42 Å². The molecule has 4 nitrogen and oxygen atoms in total. The summed E-state index contributed by atoms with van der Waals surface area (Å²) in [7, 11) is 0. The lowest BCUT2D eigenvalue weighted by Gasteiger charge is -1.85. The summed E-state index contributed by atoms with van der Waals surface area (Å²) < 4.78 is 6.24. The van der Waals surface area contributed by atoms with E-state index in [-0.39, 0.29) is 0 Å². The first-order valence-electron chi connectivity index (χ1n) is 3.90. The molecular formula is C8H8BrN3O. The van der Waals surface area contributed by atoms with Gasteiger partial charge in [-0.3, -0.25) is 0 Å². The lowest BCUT2D eigenvalue weighted by Crippen LogP contribution is -2.02. The molecule has 2 N–H and O–H groups in total. The fraction of sp³-hybridized carbons (Fsp3) is 0.250. The minimum atomic E-state index is 0.536. The van der Waals surface area contributed by atoms with Crippen LogP contribution in [0.4, 0.5) is 0 Å². The van der Waals surface area contributed by atoms with Crippen LogP contribution < -0.4 is 5.73 Å². The van der Waals surface area contributed by atoms with Crippen LogP contribution in [0.15, 0.2) is 21.2 Å². The summed E-state index contributed by atoms with van der Waals surface area (Å²) >= 11 is 3.31. The van der Waals surface area contributed by atoms with Crippen LogP contribution in [0.3, 0.4) is 0 Å². The Morgan fingerprint density at radius 2 is 2.38 bits per heavy atom. The SMILES string of the molecule is NCCc1nc2cc(Br)cnc2o1. The summed E-state index contributed by atoms with van der Waals surface area (Å²) in [5.74, 6) is 0.642. The molecule has 0 amide bonds. The van der Waals surface area contributed by atoms with Crippen molar-refractivity contribution in [1.29, 1.82) is 0 Å². The van der Waals surface area contributed by atoms with E-state index in [0.29, 0.717) is 24.6 Å². The predicted molar refractivity (Wildman–Crippen MR) is 52.3 cm³/mol. The van der Waals surface area contributed by atoms with E-state index in [2.05, 4.69) is 25.9 Å². The number of hydrogen-bond acceptors (Lipinski definition) is 4. The van der Waals surface area contributed by atoms with Crippen molar-refractivity contribution in [2.24, 2.45) is 5.73 Å². The summed E-state index contributed by atoms with van der Waals surface area (Å²) in [6.07, 6.45) is 2.33. The molecule has 0 aliphatic heterocycles. The van der Waals surface area contributed by atoms with Crippen LogP contribution in [0.25, 0.3) is 11.2 Å². The maximum Gasteiger partial charge on any atom is 0.246 e. The number of nitrogens with two attached hydrogens (primary N) is 1. The minimum Gasteiger partial charge on any atom is -0.422 e. The average molecular weight is 242 g/mol. The molecule has 0 saturated heterocycles. The number of halogens is 1. The first-order chi connectivity index (χ1) is 6.29. The zero-order valence-corrected chi connectivity index (χ0v) is 8.41. The number of pyridine rings is 1. The molecule has 0 saturated carbocycles. The third-order valence-electron chi connectivity index (χ3n) is 1.62. The summed E-state index contributed by atoms with van der Waals surface area (Å²) in [5, 5.41) is 0. The zero-order chi connectivity index (χ0) is 9.26. The molecule has 0 aliphatic rings. The van der Waals surface area contributed by atoms with Gasteiger partial charge in [-0.15, -0.1) is 0 Å². The highest BCUT2D eigenvalue weighted by molar-refractivity contribution is 9.10. The van der Waals surface area contributed by atoms with Crippen molar-refractivity contribution in [3.63, 3.8) is 0 Å². The Bertz CT molecular complexity index is 426. The monoisotopic (exact) mass is 241 g/mol. The van der Waals surface area contributed by atoms with Gasteiger partial charge in [0.05, 0.1) is 0 Å². The Morgan fingerprint density at radius 1 is 1.54 bits per heavy atom. The van der Waals surface area contributed by atoms with Crippen molar-refractivity contribution in [3.05, 3.63) is 22.6 Å². The van der Waals surface area contributed by atoms with E-state index in [9.17, 15) is 0 Å². The smallest absolute Gasteiger partial charge is 0.246 e. The number of rotatable bonds is 2. The summed E-state index contributed by atoms with van der Waals surface area (Å²) in [4.78, 5) is 8.29. The Balaban J connectivity index is 2.49. The molecule has 0 fully saturated rings. The average Bonchev–Trinajstić information content (AvgIpc) is 2.46. The fourth-order valence-corrected chi connectivity index (χ4v) is 1.39. The number of hydrogen-bond donors (Lipinski definition) is 1. The van der Waals surface area contributed by atoms with Crippen molar-refractivity contribution in [1.82, 2.24) is 9.97 Å². The first-order valence-corrected chi connectivity index (χ1v) is 4.70. The van der Waals surface area contributed by atoms with E-state index in [1.165, 1.54) is 0 Å². The van der Waals surface area contributed by atoms with Crippen molar-refractivity contribution in [2.75, 3.05) is 6.54 Å². The van der Waals surface area contributed by atoms with Crippen LogP contribution >= 0.6 is 15.9 Å². The quantitative estimate of drug-likeness (QED) is 0.866. The maximum absolute atomic E-state index is 5.38. The highest BCUT2D eigenvalue weighted by Gasteiger charge is 2.05. The molecule has 0 unspecified atom stereocenters. The topological polar surface area (TPSA) is 64.9 Å². The standard InChI is InChI=1S/C8H8BrN3O/c9-5-3-6-8(11-4-5)13-7(12-6)1-2-10/h3-4H,1-2,10H2. The van der Waals surface area contributed by atoms with Gasteiger partial charge >= 0.3 is 0 Å². The molecule has 0 aliphatic carbocycles. The van der Waals surface area contributed by atoms with E-state index in [1.807, 2.05) is 6.07 Å². The second kappa shape index (κ2) is 3.43. The van der Waals surface area contributed by atoms with Gasteiger partial charge in [0.25, 0.3) is 0 Å². The van der Waals surface area contributed by atoms with Crippen LogP contribution in [0.2, 0.25) is 0 Å². The molecule has 0 radical (unpaired) electrons. The lowest BCUT2D eigenvalue weighted by molar-refractivity contribution is 0.523. The normalized spacial score (nSPS) is 10.9. The molecular weight excluding hydrogens is 234 g/mol. The van der Waals surface area contributed by atoms with Gasteiger partial charge in [-0.25, -0.2) is 9.97 Å². The molecule has 2 aromatic heterocycles. The zero-order valence-electron chi connectivity index (χ0n) is 6.83. The van der Waals surface area contributed by atoms with Gasteiger partial charge in [-0.1, -0.05) is 0 Å². The van der Waals surface area contributed by atoms with Crippen molar-refractivity contribution < 1.29 is 4.42 Å². The minimum absolute atomic E-state index is 0.536. The molecule has 68 valence electrons. The van der Waals surface area contributed by atoms with Crippen LogP contribution in [-0.2, 0) is 6.42 Å². The molecule has 0 atom stereocenters. The molecule has 5 heteroatoms. The molecule has 0 spiro atoms. The van der Waals surface area contributed by atoms with Crippen LogP contribution in [0.1, 0.15) is 5.89 Å². The van der Waals surface area contributed by atoms with Crippen molar-refractivity contribution >= 4 is 27.2 Å². The second-order valence-electron chi connectivity index (χ2n) is 2.62. The van der Waals surface area contributed by atoms with E-state index < -0.39 is 0 Å². The van der Waals surface area contributed by atoms with Crippen LogP contribution in [0.5, 0.6) is 0 Å². The Morgan fingerprint density at radius 3 is 3.15 bits per heavy atom. The van der Waals surface area contributed by atoms with E-state index in [1.54, 1.807) is 6.20 Å². The highest BCUT2D eigenvalue weighted by Crippen LogP contribution is 2.17. The third-order valence-corrected chi connectivity index (χ3v) is 2.05. The van der Waals surface area contributed by atoms with Crippen LogP contribution in [0, 0.1) is 0 Å². The van der Waals surface area contributed by atoms with Gasteiger partial charge in [-0.2, -0.15) is 0 Å². The van der Waals surface area contributed by atoms with E-state index >= 15 is 0 Å². The maximum atomic E-state index is 5.38. The number of oxazole rings is 1. The number of nitrogens with zero attached hydrogens (tertiary/aromatic N) is 2. The molecule has 0 aromatic carbocycles. The Hall–Kier alpha value is -0.940. The third kappa shape index (κ3) is 1.71. The lowest BCUT2D eigenvalue weighted by atomic mass is 10.4. The second-order valence-corrected chi connectivity index (χ2v) is 3.54. The summed E-state index contributed by atoms with van der Waals surface area (Å²) in [6, 6.07) is 1.87. The molecule has 13 heavy (non-hydrogen) atoms. The number of aromatic nitrogens is 2. The van der Waals surface area contributed by atoms with Gasteiger partial charge in [-0.05, 0) is 22.0 Å². The summed E-state index contributed by atoms with van der Waals surface area (Å²) in [6.45, 7) is 0.536. The number of fused-ring (bicyclic) bond motifs is 1. The van der Waals surface area contributed by atoms with E-state index in [4.69, 9.17) is 10.2 Å². The molecule has 2 aromatic rings.